The number of fused-ring (bicyclic) bond motifs is 2. The number of aliphatic hydroxyl groups is 2. The van der Waals surface area contributed by atoms with E-state index in [2.05, 4.69) is 10.3 Å². The molecule has 2 bridgehead atoms. The second-order valence-electron chi connectivity index (χ2n) is 10.0. The fourth-order valence-corrected chi connectivity index (χ4v) is 8.25. The third-order valence-electron chi connectivity index (χ3n) is 7.85. The van der Waals surface area contributed by atoms with E-state index in [1.165, 1.54) is 24.3 Å². The number of anilines is 1. The highest BCUT2D eigenvalue weighted by atomic mass is 35.5. The molecule has 7 nitrogen and oxygen atoms in total. The van der Waals surface area contributed by atoms with Gasteiger partial charge in [0.05, 0.1) is 27.1 Å². The van der Waals surface area contributed by atoms with E-state index in [-0.39, 0.29) is 39.7 Å². The summed E-state index contributed by atoms with van der Waals surface area (Å²) in [4.78, 5) is 16.4. The van der Waals surface area contributed by atoms with Crippen molar-refractivity contribution in [2.75, 3.05) is 5.32 Å². The average Bonchev–Trinajstić information content (AvgIpc) is 3.06. The molecule has 39 heavy (non-hydrogen) atoms. The second kappa shape index (κ2) is 10.2. The minimum absolute atomic E-state index is 0.0180. The maximum atomic E-state index is 13.7. The highest BCUT2D eigenvalue weighted by Crippen LogP contribution is 2.56. The number of rotatable bonds is 6. The molecular weight excluding hydrogens is 557 g/mol. The monoisotopic (exact) mass is 580 g/mol. The number of benzene rings is 2. The van der Waals surface area contributed by atoms with E-state index < -0.39 is 62.0 Å². The van der Waals surface area contributed by atoms with E-state index in [4.69, 9.17) is 11.6 Å². The van der Waals surface area contributed by atoms with Crippen molar-refractivity contribution in [1.82, 2.24) is 4.98 Å². The van der Waals surface area contributed by atoms with Crippen LogP contribution >= 0.6 is 11.6 Å². The van der Waals surface area contributed by atoms with Crippen molar-refractivity contribution in [2.45, 2.75) is 47.5 Å². The molecule has 1 aromatic heterocycles. The van der Waals surface area contributed by atoms with E-state index in [0.717, 1.165) is 30.5 Å². The van der Waals surface area contributed by atoms with Crippen LogP contribution in [0, 0.1) is 29.3 Å². The molecule has 3 aromatic rings. The Kier molecular flexibility index (Phi) is 7.21. The van der Waals surface area contributed by atoms with Crippen molar-refractivity contribution >= 4 is 33.0 Å². The van der Waals surface area contributed by atoms with Crippen molar-refractivity contribution in [3.63, 3.8) is 0 Å². The molecule has 5 rings (SSSR count). The molecule has 3 N–H and O–H groups in total. The molecule has 2 aliphatic rings. The molecule has 0 radical (unpaired) electrons. The quantitative estimate of drug-likeness (QED) is 0.384. The molecule has 1 heterocycles. The van der Waals surface area contributed by atoms with Gasteiger partial charge >= 0.3 is 0 Å². The van der Waals surface area contributed by atoms with Crippen molar-refractivity contribution in [3.8, 4) is 0 Å². The molecule has 2 saturated carbocycles. The van der Waals surface area contributed by atoms with E-state index in [1.54, 1.807) is 0 Å². The Bertz CT molecular complexity index is 1520. The number of carbonyl (C=O) groups excluding carboxylic acids is 1. The molecule has 0 aliphatic heterocycles. The summed E-state index contributed by atoms with van der Waals surface area (Å²) in [7, 11) is -4.09. The molecule has 1 unspecified atom stereocenters. The number of hydrogen-bond donors (Lipinski definition) is 3. The normalized spacial score (nSPS) is 25.3. The van der Waals surface area contributed by atoms with Crippen molar-refractivity contribution < 1.29 is 36.6 Å². The van der Waals surface area contributed by atoms with Crippen LogP contribution in [0.3, 0.4) is 0 Å². The lowest BCUT2D eigenvalue weighted by molar-refractivity contribution is -0.145. The smallest absolute Gasteiger partial charge is 0.255 e. The Morgan fingerprint density at radius 3 is 2.33 bits per heavy atom. The molecule has 12 heteroatoms. The second-order valence-corrected chi connectivity index (χ2v) is 12.6. The summed E-state index contributed by atoms with van der Waals surface area (Å²) in [6.07, 6.45) is 0.555. The van der Waals surface area contributed by atoms with Gasteiger partial charge in [-0.1, -0.05) is 11.6 Å². The van der Waals surface area contributed by atoms with Gasteiger partial charge in [0.25, 0.3) is 5.91 Å². The van der Waals surface area contributed by atoms with Crippen LogP contribution in [0.4, 0.5) is 18.9 Å². The minimum Gasteiger partial charge on any atom is -0.386 e. The number of carbonyl (C=O) groups is 1. The number of sulfone groups is 1. The van der Waals surface area contributed by atoms with Gasteiger partial charge in [0, 0.05) is 17.3 Å². The Morgan fingerprint density at radius 2 is 1.72 bits per heavy atom. The lowest BCUT2D eigenvalue weighted by atomic mass is 9.70. The summed E-state index contributed by atoms with van der Waals surface area (Å²) in [5.74, 6) is -4.72. The van der Waals surface area contributed by atoms with Crippen LogP contribution in [-0.4, -0.2) is 40.4 Å². The number of nitrogens with one attached hydrogen (secondary N) is 1. The minimum atomic E-state index is -4.09. The first-order valence-electron chi connectivity index (χ1n) is 12.2. The molecule has 206 valence electrons. The van der Waals surface area contributed by atoms with Crippen LogP contribution < -0.4 is 5.32 Å². The third-order valence-corrected chi connectivity index (χ3v) is 10.5. The van der Waals surface area contributed by atoms with Gasteiger partial charge in [-0.15, -0.1) is 0 Å². The Hall–Kier alpha value is -2.99. The third kappa shape index (κ3) is 4.93. The summed E-state index contributed by atoms with van der Waals surface area (Å²) in [5.41, 5.74) is -1.61. The number of hydrogen-bond acceptors (Lipinski definition) is 6. The maximum absolute atomic E-state index is 13.7. The Morgan fingerprint density at radius 1 is 1.03 bits per heavy atom. The summed E-state index contributed by atoms with van der Waals surface area (Å²) in [5, 5.41) is 23.9. The number of aromatic nitrogens is 1. The highest BCUT2D eigenvalue weighted by molar-refractivity contribution is 7.92. The zero-order chi connectivity index (χ0) is 28.1. The van der Waals surface area contributed by atoms with Gasteiger partial charge in [0.2, 0.25) is 0 Å². The summed E-state index contributed by atoms with van der Waals surface area (Å²) >= 11 is 6.26. The number of aliphatic hydroxyl groups excluding tert-OH is 1. The average molecular weight is 581 g/mol. The van der Waals surface area contributed by atoms with Crippen LogP contribution in [0.2, 0.25) is 5.02 Å². The van der Waals surface area contributed by atoms with Crippen molar-refractivity contribution in [3.05, 3.63) is 88.5 Å². The zero-order valence-corrected chi connectivity index (χ0v) is 21.9. The predicted molar refractivity (Wildman–Crippen MR) is 136 cm³/mol. The molecule has 2 fully saturated rings. The van der Waals surface area contributed by atoms with Gasteiger partial charge in [0.15, 0.2) is 21.5 Å². The largest absolute Gasteiger partial charge is 0.386 e. The number of amides is 1. The topological polar surface area (TPSA) is 117 Å². The molecule has 2 aliphatic carbocycles. The highest BCUT2D eigenvalue weighted by Gasteiger charge is 2.59. The van der Waals surface area contributed by atoms with Crippen LogP contribution in [0.1, 0.15) is 47.8 Å². The number of pyridine rings is 1. The first-order valence-corrected chi connectivity index (χ1v) is 14.2. The number of halogens is 4. The number of nitrogens with zero attached hydrogens (tertiary/aromatic N) is 1. The van der Waals surface area contributed by atoms with E-state index in [1.807, 2.05) is 0 Å². The van der Waals surface area contributed by atoms with Crippen LogP contribution in [0.5, 0.6) is 0 Å². The molecule has 0 spiro atoms. The van der Waals surface area contributed by atoms with Crippen molar-refractivity contribution in [1.29, 1.82) is 0 Å². The fraction of sp³-hybridized carbons (Fsp3) is 0.333. The first kappa shape index (κ1) is 27.6. The standard InChI is InChI=1S/C27H24ClF3N2O5S/c28-20-6-1-14(26(35)33-18-5-7-21(30)22(31)12-18)9-24(20)39(37,38)19-10-15-2-3-16(11-19)27(15,36)25(34)23-8-4-17(29)13-32-23/h1,4-9,12-13,15-16,19,25,34,36H,2-3,10-11H2,(H,33,35)/t15-,16?,19-,25-,27-/m0/s1. The summed E-state index contributed by atoms with van der Waals surface area (Å²) in [6, 6.07) is 8.95. The van der Waals surface area contributed by atoms with Gasteiger partial charge in [-0.25, -0.2) is 21.6 Å². The van der Waals surface area contributed by atoms with Crippen LogP contribution in [0.15, 0.2) is 59.6 Å². The maximum Gasteiger partial charge on any atom is 0.255 e. The zero-order valence-electron chi connectivity index (χ0n) is 20.3. The van der Waals surface area contributed by atoms with E-state index in [0.29, 0.717) is 12.8 Å². The predicted octanol–water partition coefficient (Wildman–Crippen LogP) is 4.83. The lowest BCUT2D eigenvalue weighted by Gasteiger charge is -2.45. The van der Waals surface area contributed by atoms with Gasteiger partial charge in [0.1, 0.15) is 17.5 Å². The fourth-order valence-electron chi connectivity index (χ4n) is 5.85. The molecular formula is C27H24ClF3N2O5S. The first-order chi connectivity index (χ1) is 18.4. The SMILES string of the molecule is O=C(Nc1ccc(F)c(F)c1)c1ccc(Cl)c(S(=O)(=O)[C@@H]2CC3CC[C@@H](C2)[C@@]3(O)[C@@H](O)c2ccc(F)cn2)c1. The van der Waals surface area contributed by atoms with Gasteiger partial charge in [-0.3, -0.25) is 9.78 Å². The van der Waals surface area contributed by atoms with E-state index >= 15 is 0 Å². The Balaban J connectivity index is 1.38. The van der Waals surface area contributed by atoms with Gasteiger partial charge in [-0.05, 0) is 80.0 Å². The summed E-state index contributed by atoms with van der Waals surface area (Å²) in [6.45, 7) is 0. The molecule has 1 amide bonds. The Labute approximate surface area is 227 Å². The molecule has 5 atom stereocenters. The van der Waals surface area contributed by atoms with Crippen molar-refractivity contribution in [2.24, 2.45) is 11.8 Å². The lowest BCUT2D eigenvalue weighted by Crippen LogP contribution is -2.52. The molecule has 2 aromatic carbocycles. The van der Waals surface area contributed by atoms with Crippen LogP contribution in [-0.2, 0) is 9.84 Å². The van der Waals surface area contributed by atoms with Crippen LogP contribution in [0.25, 0.3) is 0 Å². The van der Waals surface area contributed by atoms with E-state index in [9.17, 15) is 36.6 Å². The van der Waals surface area contributed by atoms with Gasteiger partial charge in [-0.2, -0.15) is 0 Å². The molecule has 0 saturated heterocycles. The summed E-state index contributed by atoms with van der Waals surface area (Å²) < 4.78 is 67.5. The van der Waals surface area contributed by atoms with Gasteiger partial charge < -0.3 is 15.5 Å².